The highest BCUT2D eigenvalue weighted by Crippen LogP contribution is 2.25. The van der Waals surface area contributed by atoms with Crippen molar-refractivity contribution in [1.29, 1.82) is 0 Å². The average Bonchev–Trinajstić information content (AvgIpc) is 2.71. The summed E-state index contributed by atoms with van der Waals surface area (Å²) >= 11 is 6.98. The fourth-order valence-corrected chi connectivity index (χ4v) is 3.32. The number of ether oxygens (including phenoxy) is 1. The van der Waals surface area contributed by atoms with E-state index in [0.29, 0.717) is 16.3 Å². The van der Waals surface area contributed by atoms with E-state index in [4.69, 9.17) is 21.5 Å². The lowest BCUT2D eigenvalue weighted by molar-refractivity contribution is -0.115. The summed E-state index contributed by atoms with van der Waals surface area (Å²) in [5.74, 6) is -0.745. The van der Waals surface area contributed by atoms with Gasteiger partial charge < -0.3 is 10.1 Å². The SMILES string of the molecule is NSc1cc(NC(=O)Cc2c(F)cccc2Cl)ccc1COc1ccc(F)cc1. The molecule has 0 aliphatic carbocycles. The third-order valence-corrected chi connectivity index (χ3v) is 5.07. The van der Waals surface area contributed by atoms with Crippen LogP contribution in [0.5, 0.6) is 5.75 Å². The molecule has 0 atom stereocenters. The Morgan fingerprint density at radius 3 is 2.55 bits per heavy atom. The standard InChI is InChI=1S/C21H17ClF2N2O2S/c22-18-2-1-3-19(24)17(18)11-21(27)26-15-7-4-13(20(10-15)29-25)12-28-16-8-5-14(23)6-9-16/h1-10H,11-12,25H2,(H,26,27). The number of nitrogens with two attached hydrogens (primary N) is 1. The number of halogens is 3. The minimum Gasteiger partial charge on any atom is -0.489 e. The van der Waals surface area contributed by atoms with Crippen molar-refractivity contribution in [2.24, 2.45) is 5.14 Å². The van der Waals surface area contributed by atoms with Crippen molar-refractivity contribution in [3.63, 3.8) is 0 Å². The van der Waals surface area contributed by atoms with Crippen LogP contribution in [0.25, 0.3) is 0 Å². The van der Waals surface area contributed by atoms with E-state index in [2.05, 4.69) is 5.32 Å². The second-order valence-corrected chi connectivity index (χ2v) is 7.19. The molecule has 3 N–H and O–H groups in total. The third-order valence-electron chi connectivity index (χ3n) is 4.08. The van der Waals surface area contributed by atoms with Gasteiger partial charge in [0.25, 0.3) is 0 Å². The molecular formula is C21H17ClF2N2O2S. The van der Waals surface area contributed by atoms with E-state index in [1.165, 1.54) is 42.5 Å². The van der Waals surface area contributed by atoms with Gasteiger partial charge in [-0.05, 0) is 60.5 Å². The topological polar surface area (TPSA) is 64.3 Å². The van der Waals surface area contributed by atoms with E-state index in [1.807, 2.05) is 0 Å². The van der Waals surface area contributed by atoms with E-state index < -0.39 is 11.7 Å². The van der Waals surface area contributed by atoms with Crippen molar-refractivity contribution in [3.05, 3.63) is 88.4 Å². The first-order valence-electron chi connectivity index (χ1n) is 8.57. The van der Waals surface area contributed by atoms with Crippen LogP contribution in [0.2, 0.25) is 5.02 Å². The Kier molecular flexibility index (Phi) is 7.09. The lowest BCUT2D eigenvalue weighted by Gasteiger charge is -2.12. The maximum Gasteiger partial charge on any atom is 0.228 e. The molecule has 0 unspecified atom stereocenters. The number of hydrogen-bond donors (Lipinski definition) is 2. The number of benzene rings is 3. The maximum atomic E-state index is 13.8. The summed E-state index contributed by atoms with van der Waals surface area (Å²) < 4.78 is 32.4. The molecule has 3 rings (SSSR count). The van der Waals surface area contributed by atoms with Gasteiger partial charge in [0.15, 0.2) is 0 Å². The number of carbonyl (C=O) groups excluding carboxylic acids is 1. The summed E-state index contributed by atoms with van der Waals surface area (Å²) in [6.45, 7) is 0.226. The van der Waals surface area contributed by atoms with Crippen molar-refractivity contribution in [2.75, 3.05) is 5.32 Å². The van der Waals surface area contributed by atoms with Crippen LogP contribution in [0.4, 0.5) is 14.5 Å². The van der Waals surface area contributed by atoms with Crippen LogP contribution in [0.1, 0.15) is 11.1 Å². The first-order valence-corrected chi connectivity index (χ1v) is 9.83. The molecule has 0 radical (unpaired) electrons. The second-order valence-electron chi connectivity index (χ2n) is 6.11. The van der Waals surface area contributed by atoms with Gasteiger partial charge in [-0.15, -0.1) is 0 Å². The maximum absolute atomic E-state index is 13.8. The quantitative estimate of drug-likeness (QED) is 0.492. The summed E-state index contributed by atoms with van der Waals surface area (Å²) in [4.78, 5) is 13.0. The van der Waals surface area contributed by atoms with Crippen LogP contribution < -0.4 is 15.2 Å². The fourth-order valence-electron chi connectivity index (χ4n) is 2.62. The number of carbonyl (C=O) groups is 1. The van der Waals surface area contributed by atoms with Gasteiger partial charge in [-0.2, -0.15) is 0 Å². The van der Waals surface area contributed by atoms with Crippen molar-refractivity contribution in [2.45, 2.75) is 17.9 Å². The van der Waals surface area contributed by atoms with Gasteiger partial charge in [0.2, 0.25) is 5.91 Å². The predicted molar refractivity (Wildman–Crippen MR) is 111 cm³/mol. The Bertz CT molecular complexity index is 996. The number of amides is 1. The Hall–Kier alpha value is -2.61. The zero-order valence-electron chi connectivity index (χ0n) is 15.1. The highest BCUT2D eigenvalue weighted by molar-refractivity contribution is 7.97. The van der Waals surface area contributed by atoms with Gasteiger partial charge in [0, 0.05) is 26.7 Å². The molecule has 0 aliphatic rings. The highest BCUT2D eigenvalue weighted by Gasteiger charge is 2.13. The van der Waals surface area contributed by atoms with E-state index >= 15 is 0 Å². The normalized spacial score (nSPS) is 10.6. The lowest BCUT2D eigenvalue weighted by Crippen LogP contribution is -2.15. The van der Waals surface area contributed by atoms with Crippen LogP contribution in [0, 0.1) is 11.6 Å². The summed E-state index contributed by atoms with van der Waals surface area (Å²) in [5.41, 5.74) is 1.46. The molecule has 0 bridgehead atoms. The molecule has 0 aliphatic heterocycles. The molecule has 0 saturated heterocycles. The molecule has 0 aromatic heterocycles. The van der Waals surface area contributed by atoms with Crippen LogP contribution in [-0.2, 0) is 17.8 Å². The highest BCUT2D eigenvalue weighted by atomic mass is 35.5. The smallest absolute Gasteiger partial charge is 0.228 e. The summed E-state index contributed by atoms with van der Waals surface area (Å²) in [7, 11) is 0. The number of rotatable bonds is 7. The van der Waals surface area contributed by atoms with Crippen molar-refractivity contribution in [3.8, 4) is 5.75 Å². The zero-order chi connectivity index (χ0) is 20.8. The van der Waals surface area contributed by atoms with Crippen molar-refractivity contribution in [1.82, 2.24) is 0 Å². The zero-order valence-corrected chi connectivity index (χ0v) is 16.7. The first-order chi connectivity index (χ1) is 14.0. The van der Waals surface area contributed by atoms with Gasteiger partial charge in [0.05, 0.1) is 6.42 Å². The Balaban J connectivity index is 1.66. The molecule has 29 heavy (non-hydrogen) atoms. The minimum atomic E-state index is -0.529. The van der Waals surface area contributed by atoms with Gasteiger partial charge in [-0.1, -0.05) is 23.7 Å². The predicted octanol–water partition coefficient (Wildman–Crippen LogP) is 5.34. The third kappa shape index (κ3) is 5.69. The Morgan fingerprint density at radius 2 is 1.86 bits per heavy atom. The number of nitrogens with one attached hydrogen (secondary N) is 1. The lowest BCUT2D eigenvalue weighted by atomic mass is 10.1. The van der Waals surface area contributed by atoms with E-state index in [9.17, 15) is 13.6 Å². The molecule has 8 heteroatoms. The number of anilines is 1. The van der Waals surface area contributed by atoms with Gasteiger partial charge >= 0.3 is 0 Å². The second kappa shape index (κ2) is 9.73. The summed E-state index contributed by atoms with van der Waals surface area (Å²) in [6, 6.07) is 15.1. The van der Waals surface area contributed by atoms with Crippen LogP contribution in [0.15, 0.2) is 65.6 Å². The monoisotopic (exact) mass is 434 g/mol. The molecule has 4 nitrogen and oxygen atoms in total. The number of hydrogen-bond acceptors (Lipinski definition) is 4. The van der Waals surface area contributed by atoms with Crippen molar-refractivity contribution >= 4 is 35.1 Å². The first kappa shape index (κ1) is 21.1. The van der Waals surface area contributed by atoms with Crippen LogP contribution in [0.3, 0.4) is 0 Å². The van der Waals surface area contributed by atoms with Crippen LogP contribution >= 0.6 is 23.5 Å². The molecular weight excluding hydrogens is 418 g/mol. The largest absolute Gasteiger partial charge is 0.489 e. The summed E-state index contributed by atoms with van der Waals surface area (Å²) in [6.07, 6.45) is -0.188. The molecule has 1 amide bonds. The fraction of sp³-hybridized carbons (Fsp3) is 0.0952. The minimum absolute atomic E-state index is 0.143. The molecule has 0 heterocycles. The molecule has 3 aromatic rings. The molecule has 150 valence electrons. The van der Waals surface area contributed by atoms with Gasteiger partial charge in [-0.25, -0.2) is 8.78 Å². The van der Waals surface area contributed by atoms with Crippen LogP contribution in [-0.4, -0.2) is 5.91 Å². The molecule has 0 fully saturated rings. The van der Waals surface area contributed by atoms with Gasteiger partial charge in [0.1, 0.15) is 24.0 Å². The van der Waals surface area contributed by atoms with E-state index in [-0.39, 0.29) is 29.4 Å². The Morgan fingerprint density at radius 1 is 1.10 bits per heavy atom. The molecule has 3 aromatic carbocycles. The Labute approximate surface area is 176 Å². The van der Waals surface area contributed by atoms with Crippen molar-refractivity contribution < 1.29 is 18.3 Å². The molecule has 0 spiro atoms. The average molecular weight is 435 g/mol. The van der Waals surface area contributed by atoms with Gasteiger partial charge in [-0.3, -0.25) is 9.93 Å². The van der Waals surface area contributed by atoms with E-state index in [1.54, 1.807) is 18.2 Å². The summed E-state index contributed by atoms with van der Waals surface area (Å²) in [5, 5.41) is 8.65. The molecule has 0 saturated carbocycles. The van der Waals surface area contributed by atoms with E-state index in [0.717, 1.165) is 17.5 Å².